The van der Waals surface area contributed by atoms with Gasteiger partial charge in [-0.05, 0) is 18.2 Å². The van der Waals surface area contributed by atoms with Crippen molar-refractivity contribution in [3.05, 3.63) is 53.1 Å². The second-order valence-electron chi connectivity index (χ2n) is 7.45. The SMILES string of the molecule is C[Si](C)(C)CCOCOCCOc1ccccc1-c1ccc(C=O)cc1Cl. The largest absolute Gasteiger partial charge is 0.491 e. The van der Waals surface area contributed by atoms with Gasteiger partial charge in [-0.2, -0.15) is 0 Å². The van der Waals surface area contributed by atoms with E-state index in [2.05, 4.69) is 19.6 Å². The molecule has 0 N–H and O–H groups in total. The third-order valence-corrected chi connectivity index (χ3v) is 5.97. The molecule has 0 heterocycles. The van der Waals surface area contributed by atoms with E-state index in [-0.39, 0.29) is 6.79 Å². The molecule has 0 saturated heterocycles. The molecule has 146 valence electrons. The zero-order chi connectivity index (χ0) is 19.7. The molecule has 0 fully saturated rings. The Morgan fingerprint density at radius 1 is 0.963 bits per heavy atom. The van der Waals surface area contributed by atoms with E-state index in [9.17, 15) is 4.79 Å². The van der Waals surface area contributed by atoms with Gasteiger partial charge in [-0.15, -0.1) is 0 Å². The number of benzene rings is 2. The van der Waals surface area contributed by atoms with Crippen molar-refractivity contribution in [2.45, 2.75) is 25.7 Å². The van der Waals surface area contributed by atoms with Crippen molar-refractivity contribution in [1.82, 2.24) is 0 Å². The molecule has 2 aromatic rings. The number of hydrogen-bond donors (Lipinski definition) is 0. The van der Waals surface area contributed by atoms with E-state index in [1.807, 2.05) is 30.3 Å². The van der Waals surface area contributed by atoms with Gasteiger partial charge in [0.15, 0.2) is 0 Å². The smallest absolute Gasteiger partial charge is 0.150 e. The number of para-hydroxylation sites is 1. The minimum Gasteiger partial charge on any atom is -0.491 e. The molecule has 0 atom stereocenters. The maximum Gasteiger partial charge on any atom is 0.150 e. The van der Waals surface area contributed by atoms with Crippen LogP contribution in [0.25, 0.3) is 11.1 Å². The molecule has 0 spiro atoms. The molecule has 2 rings (SSSR count). The number of carbonyl (C=O) groups is 1. The maximum absolute atomic E-state index is 10.9. The van der Waals surface area contributed by atoms with Crippen LogP contribution in [0.2, 0.25) is 30.7 Å². The van der Waals surface area contributed by atoms with Gasteiger partial charge in [-0.25, -0.2) is 0 Å². The predicted molar refractivity (Wildman–Crippen MR) is 113 cm³/mol. The minimum atomic E-state index is -1.06. The second kappa shape index (κ2) is 10.6. The molecule has 0 bridgehead atoms. The zero-order valence-corrected chi connectivity index (χ0v) is 17.9. The second-order valence-corrected chi connectivity index (χ2v) is 13.5. The Labute approximate surface area is 167 Å². The Kier molecular flexibility index (Phi) is 8.51. The van der Waals surface area contributed by atoms with Crippen molar-refractivity contribution in [1.29, 1.82) is 0 Å². The van der Waals surface area contributed by atoms with Gasteiger partial charge in [0.05, 0.1) is 6.61 Å². The van der Waals surface area contributed by atoms with Crippen LogP contribution >= 0.6 is 11.6 Å². The van der Waals surface area contributed by atoms with Crippen molar-refractivity contribution in [3.8, 4) is 16.9 Å². The minimum absolute atomic E-state index is 0.286. The summed E-state index contributed by atoms with van der Waals surface area (Å²) in [4.78, 5) is 10.9. The van der Waals surface area contributed by atoms with Crippen molar-refractivity contribution < 1.29 is 19.0 Å². The molecule has 0 aliphatic carbocycles. The van der Waals surface area contributed by atoms with Crippen molar-refractivity contribution in [3.63, 3.8) is 0 Å². The number of hydrogen-bond acceptors (Lipinski definition) is 4. The normalized spacial score (nSPS) is 11.4. The Balaban J connectivity index is 1.84. The van der Waals surface area contributed by atoms with Crippen LogP contribution in [-0.4, -0.2) is 41.0 Å². The van der Waals surface area contributed by atoms with Gasteiger partial charge in [-0.1, -0.05) is 61.6 Å². The molecule has 0 aliphatic rings. The fraction of sp³-hybridized carbons (Fsp3) is 0.381. The lowest BCUT2D eigenvalue weighted by molar-refractivity contribution is -0.0562. The van der Waals surface area contributed by atoms with Crippen molar-refractivity contribution >= 4 is 26.0 Å². The first-order valence-electron chi connectivity index (χ1n) is 9.03. The van der Waals surface area contributed by atoms with Crippen LogP contribution in [0.4, 0.5) is 0 Å². The van der Waals surface area contributed by atoms with Crippen LogP contribution < -0.4 is 4.74 Å². The number of rotatable bonds is 11. The van der Waals surface area contributed by atoms with E-state index in [1.54, 1.807) is 12.1 Å². The first-order valence-corrected chi connectivity index (χ1v) is 13.1. The maximum atomic E-state index is 10.9. The van der Waals surface area contributed by atoms with Gasteiger partial charge in [0, 0.05) is 36.4 Å². The summed E-state index contributed by atoms with van der Waals surface area (Å²) in [6.45, 7) is 8.85. The fourth-order valence-electron chi connectivity index (χ4n) is 2.40. The molecular weight excluding hydrogens is 380 g/mol. The highest BCUT2D eigenvalue weighted by Crippen LogP contribution is 2.35. The summed E-state index contributed by atoms with van der Waals surface area (Å²) in [6, 6.07) is 14.0. The lowest BCUT2D eigenvalue weighted by atomic mass is 10.0. The van der Waals surface area contributed by atoms with Crippen LogP contribution in [0.1, 0.15) is 10.4 Å². The van der Waals surface area contributed by atoms with Crippen LogP contribution in [0.15, 0.2) is 42.5 Å². The third-order valence-electron chi connectivity index (χ3n) is 3.95. The number of carbonyl (C=O) groups excluding carboxylic acids is 1. The first-order chi connectivity index (χ1) is 12.9. The van der Waals surface area contributed by atoms with Gasteiger partial charge < -0.3 is 14.2 Å². The Hall–Kier alpha value is -1.66. The van der Waals surface area contributed by atoms with Crippen molar-refractivity contribution in [2.75, 3.05) is 26.6 Å². The number of aldehydes is 1. The number of ether oxygens (including phenoxy) is 3. The van der Waals surface area contributed by atoms with E-state index in [4.69, 9.17) is 25.8 Å². The van der Waals surface area contributed by atoms with E-state index in [0.717, 1.165) is 35.8 Å². The summed E-state index contributed by atoms with van der Waals surface area (Å²) in [5, 5.41) is 0.516. The van der Waals surface area contributed by atoms with Crippen LogP contribution in [0.3, 0.4) is 0 Å². The molecule has 2 aromatic carbocycles. The average Bonchev–Trinajstić information content (AvgIpc) is 2.63. The van der Waals surface area contributed by atoms with Gasteiger partial charge in [0.1, 0.15) is 25.4 Å². The van der Waals surface area contributed by atoms with E-state index in [0.29, 0.717) is 23.8 Å². The van der Waals surface area contributed by atoms with E-state index in [1.165, 1.54) is 0 Å². The van der Waals surface area contributed by atoms with E-state index >= 15 is 0 Å². The zero-order valence-electron chi connectivity index (χ0n) is 16.2. The van der Waals surface area contributed by atoms with Crippen LogP contribution in [-0.2, 0) is 9.47 Å². The quantitative estimate of drug-likeness (QED) is 0.213. The lowest BCUT2D eigenvalue weighted by Gasteiger charge is -2.15. The molecule has 0 saturated carbocycles. The average molecular weight is 407 g/mol. The van der Waals surface area contributed by atoms with Crippen LogP contribution in [0, 0.1) is 0 Å². The fourth-order valence-corrected chi connectivity index (χ4v) is 3.45. The Morgan fingerprint density at radius 3 is 2.41 bits per heavy atom. The Morgan fingerprint density at radius 2 is 1.70 bits per heavy atom. The summed E-state index contributed by atoms with van der Waals surface area (Å²) in [7, 11) is -1.06. The highest BCUT2D eigenvalue weighted by Gasteiger charge is 2.12. The first kappa shape index (κ1) is 21.6. The molecule has 0 unspecified atom stereocenters. The molecule has 6 heteroatoms. The number of halogens is 1. The molecule has 0 aliphatic heterocycles. The van der Waals surface area contributed by atoms with Crippen LogP contribution in [0.5, 0.6) is 5.75 Å². The summed E-state index contributed by atoms with van der Waals surface area (Å²) in [5.41, 5.74) is 2.25. The van der Waals surface area contributed by atoms with Crippen molar-refractivity contribution in [2.24, 2.45) is 0 Å². The molecule has 0 radical (unpaired) electrons. The topological polar surface area (TPSA) is 44.8 Å². The summed E-state index contributed by atoms with van der Waals surface area (Å²) < 4.78 is 16.8. The molecular formula is C21H27ClO4Si. The molecule has 0 aromatic heterocycles. The standard InChI is InChI=1S/C21H27ClO4Si/c1-27(2,3)13-12-25-16-24-10-11-26-21-7-5-4-6-19(21)18-9-8-17(15-23)14-20(18)22/h4-9,14-15H,10-13,16H2,1-3H3. The third kappa shape index (κ3) is 7.46. The van der Waals surface area contributed by atoms with Gasteiger partial charge in [-0.3, -0.25) is 4.79 Å². The summed E-state index contributed by atoms with van der Waals surface area (Å²) in [5.74, 6) is 0.724. The Bertz CT molecular complexity index is 743. The summed E-state index contributed by atoms with van der Waals surface area (Å²) in [6.07, 6.45) is 0.779. The molecule has 4 nitrogen and oxygen atoms in total. The van der Waals surface area contributed by atoms with Gasteiger partial charge in [0.2, 0.25) is 0 Å². The van der Waals surface area contributed by atoms with Gasteiger partial charge in [0.25, 0.3) is 0 Å². The molecule has 0 amide bonds. The van der Waals surface area contributed by atoms with E-state index < -0.39 is 8.07 Å². The molecule has 27 heavy (non-hydrogen) atoms. The monoisotopic (exact) mass is 406 g/mol. The highest BCUT2D eigenvalue weighted by atomic mass is 35.5. The lowest BCUT2D eigenvalue weighted by Crippen LogP contribution is -2.22. The van der Waals surface area contributed by atoms with Gasteiger partial charge >= 0.3 is 0 Å². The predicted octanol–water partition coefficient (Wildman–Crippen LogP) is 5.53. The summed E-state index contributed by atoms with van der Waals surface area (Å²) >= 11 is 6.33. The highest BCUT2D eigenvalue weighted by molar-refractivity contribution is 6.76.